The van der Waals surface area contributed by atoms with E-state index < -0.39 is 0 Å². The minimum absolute atomic E-state index is 0.0368. The van der Waals surface area contributed by atoms with Gasteiger partial charge in [-0.15, -0.1) is 0 Å². The Kier molecular flexibility index (Phi) is 8.19. The maximum atomic E-state index is 13.3. The van der Waals surface area contributed by atoms with E-state index in [-0.39, 0.29) is 17.4 Å². The number of rotatable bonds is 6. The van der Waals surface area contributed by atoms with E-state index in [9.17, 15) is 9.59 Å². The van der Waals surface area contributed by atoms with Gasteiger partial charge in [-0.1, -0.05) is 56.7 Å². The highest BCUT2D eigenvalue weighted by Gasteiger charge is 2.25. The quantitative estimate of drug-likeness (QED) is 0.282. The summed E-state index contributed by atoms with van der Waals surface area (Å²) in [5.74, 6) is 1.07. The lowest BCUT2D eigenvalue weighted by Gasteiger charge is -2.32. The molecule has 1 aliphatic rings. The zero-order valence-electron chi connectivity index (χ0n) is 24.2. The number of aryl methyl sites for hydroxylation is 1. The molecule has 0 unspecified atom stereocenters. The number of pyridine rings is 1. The molecule has 4 aromatic rings. The molecular formula is C33H38N6O2. The first-order chi connectivity index (χ1) is 19.7. The second kappa shape index (κ2) is 12.0. The van der Waals surface area contributed by atoms with Gasteiger partial charge in [0.25, 0.3) is 5.91 Å². The second-order valence-corrected chi connectivity index (χ2v) is 11.8. The van der Waals surface area contributed by atoms with Crippen LogP contribution in [0.15, 0.2) is 79.1 Å². The van der Waals surface area contributed by atoms with Crippen LogP contribution >= 0.6 is 0 Å². The van der Waals surface area contributed by atoms with Crippen LogP contribution in [0.1, 0.15) is 60.8 Å². The summed E-state index contributed by atoms with van der Waals surface area (Å²) in [4.78, 5) is 32.0. The summed E-state index contributed by atoms with van der Waals surface area (Å²) in [6.45, 7) is 9.79. The molecule has 2 aromatic heterocycles. The number of piperidine rings is 1. The standard InChI is InChI=1S/C33H38N6O2/c1-23-11-13-27(14-12-23)39-30(21-29(37-39)33(2,3)4)36-32(41)35-28-10-6-5-8-25(28)20-24-15-18-38(19-16-24)31(40)26-9-7-17-34-22-26/h5-14,17,21-22,24H,15-16,18-20H2,1-4H3,(H2,35,36,41). The number of carbonyl (C=O) groups excluding carboxylic acids is 2. The van der Waals surface area contributed by atoms with Crippen molar-refractivity contribution in [1.29, 1.82) is 0 Å². The number of carbonyl (C=O) groups is 2. The summed E-state index contributed by atoms with van der Waals surface area (Å²) < 4.78 is 1.78. The molecule has 1 saturated heterocycles. The fourth-order valence-electron chi connectivity index (χ4n) is 5.13. The van der Waals surface area contributed by atoms with Crippen molar-refractivity contribution < 1.29 is 9.59 Å². The van der Waals surface area contributed by atoms with Crippen molar-refractivity contribution in [3.8, 4) is 5.69 Å². The number of nitrogens with one attached hydrogen (secondary N) is 2. The van der Waals surface area contributed by atoms with Crippen LogP contribution < -0.4 is 10.6 Å². The number of hydrogen-bond donors (Lipinski definition) is 2. The van der Waals surface area contributed by atoms with E-state index in [2.05, 4.69) is 42.5 Å². The molecule has 0 spiro atoms. The van der Waals surface area contributed by atoms with Crippen molar-refractivity contribution in [2.24, 2.45) is 5.92 Å². The van der Waals surface area contributed by atoms with Crippen LogP contribution in [0.2, 0.25) is 0 Å². The van der Waals surface area contributed by atoms with Crippen molar-refractivity contribution in [2.45, 2.75) is 52.4 Å². The molecular weight excluding hydrogens is 512 g/mol. The first-order valence-corrected chi connectivity index (χ1v) is 14.2. The van der Waals surface area contributed by atoms with E-state index >= 15 is 0 Å². The zero-order valence-corrected chi connectivity index (χ0v) is 24.2. The molecule has 41 heavy (non-hydrogen) atoms. The van der Waals surface area contributed by atoms with Crippen molar-refractivity contribution in [3.63, 3.8) is 0 Å². The first-order valence-electron chi connectivity index (χ1n) is 14.2. The summed E-state index contributed by atoms with van der Waals surface area (Å²) in [5.41, 5.74) is 5.26. The van der Waals surface area contributed by atoms with Gasteiger partial charge in [0.15, 0.2) is 0 Å². The number of amides is 3. The molecule has 3 heterocycles. The average Bonchev–Trinajstić information content (AvgIpc) is 3.39. The van der Waals surface area contributed by atoms with Crippen LogP contribution in [0, 0.1) is 12.8 Å². The number of likely N-dealkylation sites (tertiary alicyclic amines) is 1. The van der Waals surface area contributed by atoms with Crippen LogP contribution in [-0.4, -0.2) is 44.7 Å². The monoisotopic (exact) mass is 550 g/mol. The Morgan fingerprint density at radius 2 is 1.68 bits per heavy atom. The minimum atomic E-state index is -0.317. The highest BCUT2D eigenvalue weighted by atomic mass is 16.2. The molecule has 2 aromatic carbocycles. The van der Waals surface area contributed by atoms with E-state index in [1.807, 2.05) is 66.4 Å². The maximum absolute atomic E-state index is 13.3. The molecule has 1 fully saturated rings. The SMILES string of the molecule is Cc1ccc(-n2nc(C(C)(C)C)cc2NC(=O)Nc2ccccc2CC2CCN(C(=O)c3cccnc3)CC2)cc1. The molecule has 8 nitrogen and oxygen atoms in total. The highest BCUT2D eigenvalue weighted by Crippen LogP contribution is 2.28. The largest absolute Gasteiger partial charge is 0.339 e. The van der Waals surface area contributed by atoms with Crippen LogP contribution in [0.25, 0.3) is 5.69 Å². The van der Waals surface area contributed by atoms with E-state index in [1.54, 1.807) is 23.1 Å². The number of nitrogens with zero attached hydrogens (tertiary/aromatic N) is 4. The van der Waals surface area contributed by atoms with Crippen molar-refractivity contribution in [3.05, 3.63) is 102 Å². The van der Waals surface area contributed by atoms with Gasteiger partial charge < -0.3 is 10.2 Å². The lowest BCUT2D eigenvalue weighted by molar-refractivity contribution is 0.0690. The third kappa shape index (κ3) is 6.82. The number of benzene rings is 2. The van der Waals surface area contributed by atoms with Gasteiger partial charge in [-0.3, -0.25) is 15.1 Å². The molecule has 1 aliphatic heterocycles. The van der Waals surface area contributed by atoms with Gasteiger partial charge in [-0.2, -0.15) is 5.10 Å². The summed E-state index contributed by atoms with van der Waals surface area (Å²) in [7, 11) is 0. The number of aromatic nitrogens is 3. The topological polar surface area (TPSA) is 92.2 Å². The van der Waals surface area contributed by atoms with E-state index in [1.165, 1.54) is 0 Å². The summed E-state index contributed by atoms with van der Waals surface area (Å²) in [6.07, 6.45) is 5.96. The predicted octanol–water partition coefficient (Wildman–Crippen LogP) is 6.61. The van der Waals surface area contributed by atoms with Crippen molar-refractivity contribution in [2.75, 3.05) is 23.7 Å². The molecule has 212 valence electrons. The van der Waals surface area contributed by atoms with Crippen LogP contribution in [0.4, 0.5) is 16.3 Å². The van der Waals surface area contributed by atoms with Gasteiger partial charge in [-0.25, -0.2) is 9.48 Å². The van der Waals surface area contributed by atoms with Crippen LogP contribution in [0.5, 0.6) is 0 Å². The Morgan fingerprint density at radius 1 is 0.951 bits per heavy atom. The van der Waals surface area contributed by atoms with Crippen LogP contribution in [-0.2, 0) is 11.8 Å². The Balaban J connectivity index is 1.25. The minimum Gasteiger partial charge on any atom is -0.339 e. The number of hydrogen-bond acceptors (Lipinski definition) is 4. The van der Waals surface area contributed by atoms with Gasteiger partial charge in [-0.05, 0) is 68.0 Å². The highest BCUT2D eigenvalue weighted by molar-refractivity contribution is 6.00. The lowest BCUT2D eigenvalue weighted by atomic mass is 9.89. The van der Waals surface area contributed by atoms with E-state index in [0.29, 0.717) is 30.4 Å². The fraction of sp³-hybridized carbons (Fsp3) is 0.333. The van der Waals surface area contributed by atoms with Crippen molar-refractivity contribution >= 4 is 23.4 Å². The smallest absolute Gasteiger partial charge is 0.324 e. The predicted molar refractivity (Wildman–Crippen MR) is 163 cm³/mol. The first kappa shape index (κ1) is 28.1. The van der Waals surface area contributed by atoms with Gasteiger partial charge in [0.2, 0.25) is 0 Å². The zero-order chi connectivity index (χ0) is 29.0. The third-order valence-corrected chi connectivity index (χ3v) is 7.58. The van der Waals surface area contributed by atoms with Crippen molar-refractivity contribution in [1.82, 2.24) is 19.7 Å². The summed E-state index contributed by atoms with van der Waals surface area (Å²) >= 11 is 0. The molecule has 0 bridgehead atoms. The summed E-state index contributed by atoms with van der Waals surface area (Å²) in [6, 6.07) is 21.2. The Labute approximate surface area is 241 Å². The molecule has 8 heteroatoms. The molecule has 0 radical (unpaired) electrons. The number of anilines is 2. The molecule has 2 N–H and O–H groups in total. The van der Waals surface area contributed by atoms with E-state index in [4.69, 9.17) is 5.10 Å². The van der Waals surface area contributed by atoms with Gasteiger partial charge in [0.05, 0.1) is 16.9 Å². The molecule has 5 rings (SSSR count). The van der Waals surface area contributed by atoms with Gasteiger partial charge >= 0.3 is 6.03 Å². The molecule has 0 saturated carbocycles. The second-order valence-electron chi connectivity index (χ2n) is 11.8. The Bertz CT molecular complexity index is 1500. The Morgan fingerprint density at radius 3 is 2.37 bits per heavy atom. The Hall–Kier alpha value is -4.46. The maximum Gasteiger partial charge on any atom is 0.324 e. The van der Waals surface area contributed by atoms with E-state index in [0.717, 1.165) is 47.5 Å². The summed E-state index contributed by atoms with van der Waals surface area (Å²) in [5, 5.41) is 10.9. The lowest BCUT2D eigenvalue weighted by Crippen LogP contribution is -2.39. The number of para-hydroxylation sites is 1. The third-order valence-electron chi connectivity index (χ3n) is 7.58. The number of urea groups is 1. The van der Waals surface area contributed by atoms with Crippen LogP contribution in [0.3, 0.4) is 0 Å². The average molecular weight is 551 g/mol. The van der Waals surface area contributed by atoms with Gasteiger partial charge in [0.1, 0.15) is 5.82 Å². The molecule has 0 aliphatic carbocycles. The fourth-order valence-corrected chi connectivity index (χ4v) is 5.13. The molecule has 0 atom stereocenters. The normalized spacial score (nSPS) is 14.1. The van der Waals surface area contributed by atoms with Gasteiger partial charge in [0, 0.05) is 42.7 Å². The molecule has 3 amide bonds.